The molecule has 1 aliphatic rings. The Morgan fingerprint density at radius 1 is 1.83 bits per heavy atom. The predicted octanol–water partition coefficient (Wildman–Crippen LogP) is 0.533. The van der Waals surface area contributed by atoms with Crippen LogP contribution in [0.25, 0.3) is 0 Å². The maximum atomic E-state index is 11.1. The molecule has 0 atom stereocenters. The van der Waals surface area contributed by atoms with Crippen molar-refractivity contribution in [2.45, 2.75) is 6.42 Å². The molecule has 0 saturated carbocycles. The molecule has 2 N–H and O–H groups in total. The smallest absolute Gasteiger partial charge is 0.256 e. The lowest BCUT2D eigenvalue weighted by atomic mass is 10.1. The minimum absolute atomic E-state index is 0.0150. The molecule has 0 saturated heterocycles. The first-order valence-electron chi connectivity index (χ1n) is 3.56. The van der Waals surface area contributed by atoms with E-state index in [1.165, 1.54) is 6.34 Å². The molecule has 0 aromatic heterocycles. The molecule has 12 heavy (non-hydrogen) atoms. The third kappa shape index (κ3) is 1.72. The third-order valence-electron chi connectivity index (χ3n) is 1.50. The van der Waals surface area contributed by atoms with Crippen molar-refractivity contribution in [1.82, 2.24) is 5.32 Å². The molecule has 0 aliphatic carbocycles. The highest BCUT2D eigenvalue weighted by Gasteiger charge is 2.14. The van der Waals surface area contributed by atoms with Gasteiger partial charge in [-0.2, -0.15) is 0 Å². The summed E-state index contributed by atoms with van der Waals surface area (Å²) in [6.07, 6.45) is 3.21. The van der Waals surface area contributed by atoms with Gasteiger partial charge in [0.25, 0.3) is 5.91 Å². The molecule has 1 aliphatic heterocycles. The van der Waals surface area contributed by atoms with Crippen LogP contribution < -0.4 is 5.32 Å². The third-order valence-corrected chi connectivity index (χ3v) is 1.50. The van der Waals surface area contributed by atoms with E-state index >= 15 is 0 Å². The molecule has 64 valence electrons. The van der Waals surface area contributed by atoms with Crippen LogP contribution in [0.1, 0.15) is 6.42 Å². The normalized spacial score (nSPS) is 17.2. The van der Waals surface area contributed by atoms with Crippen molar-refractivity contribution in [2.24, 2.45) is 4.99 Å². The Morgan fingerprint density at radius 3 is 3.25 bits per heavy atom. The topological polar surface area (TPSA) is 61.7 Å². The highest BCUT2D eigenvalue weighted by atomic mass is 16.3. The average Bonchev–Trinajstić information content (AvgIpc) is 2.19. The van der Waals surface area contributed by atoms with Crippen LogP contribution in [-0.4, -0.2) is 23.9 Å². The van der Waals surface area contributed by atoms with Crippen molar-refractivity contribution in [3.05, 3.63) is 24.0 Å². The summed E-state index contributed by atoms with van der Waals surface area (Å²) in [5.74, 6) is -0.296. The number of aliphatic hydroxyl groups is 1. The SMILES string of the molecule is C=CCC1=C(O)CN=CNC1=O. The van der Waals surface area contributed by atoms with Crippen LogP contribution in [0.5, 0.6) is 0 Å². The van der Waals surface area contributed by atoms with E-state index in [2.05, 4.69) is 16.9 Å². The number of amides is 1. The number of hydrogen-bond acceptors (Lipinski definition) is 3. The van der Waals surface area contributed by atoms with E-state index in [9.17, 15) is 9.90 Å². The molecule has 4 heteroatoms. The number of hydrogen-bond donors (Lipinski definition) is 2. The number of carbonyl (C=O) groups is 1. The maximum Gasteiger partial charge on any atom is 0.256 e. The molecule has 0 unspecified atom stereocenters. The summed E-state index contributed by atoms with van der Waals surface area (Å²) in [5.41, 5.74) is 0.336. The van der Waals surface area contributed by atoms with Gasteiger partial charge in [-0.3, -0.25) is 9.79 Å². The second-order valence-electron chi connectivity index (χ2n) is 2.36. The summed E-state index contributed by atoms with van der Waals surface area (Å²) < 4.78 is 0. The van der Waals surface area contributed by atoms with Crippen molar-refractivity contribution >= 4 is 12.2 Å². The van der Waals surface area contributed by atoms with Crippen molar-refractivity contribution in [3.8, 4) is 0 Å². The fraction of sp³-hybridized carbons (Fsp3) is 0.250. The number of aliphatic hydroxyl groups excluding tert-OH is 1. The summed E-state index contributed by atoms with van der Waals surface area (Å²) in [4.78, 5) is 14.9. The molecule has 0 bridgehead atoms. The summed E-state index contributed by atoms with van der Waals surface area (Å²) in [7, 11) is 0. The molecule has 4 nitrogen and oxygen atoms in total. The molecule has 1 heterocycles. The van der Waals surface area contributed by atoms with Gasteiger partial charge in [-0.05, 0) is 6.42 Å². The highest BCUT2D eigenvalue weighted by molar-refractivity contribution is 6.01. The van der Waals surface area contributed by atoms with Crippen molar-refractivity contribution < 1.29 is 9.90 Å². The van der Waals surface area contributed by atoms with Gasteiger partial charge in [0.15, 0.2) is 0 Å². The molecule has 1 amide bonds. The van der Waals surface area contributed by atoms with Gasteiger partial charge in [0.05, 0.1) is 18.5 Å². The average molecular weight is 166 g/mol. The summed E-state index contributed by atoms with van der Waals surface area (Å²) in [6, 6.07) is 0. The van der Waals surface area contributed by atoms with Gasteiger partial charge in [-0.25, -0.2) is 0 Å². The van der Waals surface area contributed by atoms with Crippen LogP contribution in [0.15, 0.2) is 29.0 Å². The Balaban J connectivity index is 2.89. The van der Waals surface area contributed by atoms with Crippen LogP contribution in [-0.2, 0) is 4.79 Å². The first kappa shape index (κ1) is 8.52. The molecular weight excluding hydrogens is 156 g/mol. The number of aliphatic imine (C=N–C) groups is 1. The van der Waals surface area contributed by atoms with Crippen LogP contribution in [0.2, 0.25) is 0 Å². The van der Waals surface area contributed by atoms with E-state index in [-0.39, 0.29) is 18.2 Å². The van der Waals surface area contributed by atoms with Gasteiger partial charge >= 0.3 is 0 Å². The quantitative estimate of drug-likeness (QED) is 0.588. The fourth-order valence-electron chi connectivity index (χ4n) is 0.905. The lowest BCUT2D eigenvalue weighted by Gasteiger charge is -2.01. The predicted molar refractivity (Wildman–Crippen MR) is 46.0 cm³/mol. The first-order chi connectivity index (χ1) is 5.75. The Hall–Kier alpha value is -1.58. The second-order valence-corrected chi connectivity index (χ2v) is 2.36. The first-order valence-corrected chi connectivity index (χ1v) is 3.56. The summed E-state index contributed by atoms with van der Waals surface area (Å²) in [6.45, 7) is 3.64. The highest BCUT2D eigenvalue weighted by Crippen LogP contribution is 2.09. The molecule has 0 spiro atoms. The number of carbonyl (C=O) groups excluding carboxylic acids is 1. The number of nitrogens with zero attached hydrogens (tertiary/aromatic N) is 1. The van der Waals surface area contributed by atoms with Gasteiger partial charge in [-0.1, -0.05) is 6.08 Å². The zero-order valence-electron chi connectivity index (χ0n) is 6.58. The van der Waals surface area contributed by atoms with Crippen LogP contribution in [0, 0.1) is 0 Å². The lowest BCUT2D eigenvalue weighted by Crippen LogP contribution is -2.22. The summed E-state index contributed by atoms with van der Waals surface area (Å²) >= 11 is 0. The number of allylic oxidation sites excluding steroid dienone is 1. The van der Waals surface area contributed by atoms with E-state index < -0.39 is 0 Å². The lowest BCUT2D eigenvalue weighted by molar-refractivity contribution is -0.116. The zero-order chi connectivity index (χ0) is 8.97. The Morgan fingerprint density at radius 2 is 2.58 bits per heavy atom. The van der Waals surface area contributed by atoms with E-state index in [0.29, 0.717) is 12.0 Å². The summed E-state index contributed by atoms with van der Waals surface area (Å²) in [5, 5.41) is 11.7. The monoisotopic (exact) mass is 166 g/mol. The van der Waals surface area contributed by atoms with E-state index in [0.717, 1.165) is 0 Å². The van der Waals surface area contributed by atoms with Crippen LogP contribution in [0.4, 0.5) is 0 Å². The minimum Gasteiger partial charge on any atom is -0.510 e. The maximum absolute atomic E-state index is 11.1. The van der Waals surface area contributed by atoms with E-state index in [1.54, 1.807) is 6.08 Å². The Bertz CT molecular complexity index is 266. The van der Waals surface area contributed by atoms with Gasteiger partial charge in [0.1, 0.15) is 5.76 Å². The second kappa shape index (κ2) is 3.71. The standard InChI is InChI=1S/C8H10N2O2/c1-2-3-6-7(11)4-9-5-10-8(6)12/h2,5,11H,1,3-4H2,(H,9,10,12). The minimum atomic E-state index is -0.311. The molecule has 0 aromatic rings. The Kier molecular flexibility index (Phi) is 2.63. The largest absolute Gasteiger partial charge is 0.510 e. The van der Waals surface area contributed by atoms with Crippen LogP contribution in [0.3, 0.4) is 0 Å². The molecule has 0 radical (unpaired) electrons. The molecule has 0 fully saturated rings. The van der Waals surface area contributed by atoms with Gasteiger partial charge < -0.3 is 10.4 Å². The van der Waals surface area contributed by atoms with Crippen molar-refractivity contribution in [3.63, 3.8) is 0 Å². The fourth-order valence-corrected chi connectivity index (χ4v) is 0.905. The van der Waals surface area contributed by atoms with E-state index in [4.69, 9.17) is 0 Å². The Labute approximate surface area is 70.3 Å². The molecule has 1 rings (SSSR count). The number of nitrogens with one attached hydrogen (secondary N) is 1. The number of rotatable bonds is 2. The van der Waals surface area contributed by atoms with Crippen LogP contribution >= 0.6 is 0 Å². The van der Waals surface area contributed by atoms with Crippen molar-refractivity contribution in [2.75, 3.05) is 6.54 Å². The van der Waals surface area contributed by atoms with Gasteiger partial charge in [0.2, 0.25) is 0 Å². The van der Waals surface area contributed by atoms with Gasteiger partial charge in [0, 0.05) is 0 Å². The van der Waals surface area contributed by atoms with E-state index in [1.807, 2.05) is 0 Å². The zero-order valence-corrected chi connectivity index (χ0v) is 6.58. The van der Waals surface area contributed by atoms with Gasteiger partial charge in [-0.15, -0.1) is 6.58 Å². The van der Waals surface area contributed by atoms with Crippen molar-refractivity contribution in [1.29, 1.82) is 0 Å². The molecule has 0 aromatic carbocycles. The molecular formula is C8H10N2O2.